The first-order chi connectivity index (χ1) is 11.0. The number of ketones is 1. The van der Waals surface area contributed by atoms with E-state index in [9.17, 15) is 4.79 Å². The highest BCUT2D eigenvalue weighted by Crippen LogP contribution is 2.50. The number of rotatable bonds is 4. The van der Waals surface area contributed by atoms with E-state index in [2.05, 4.69) is 46.0 Å². The first-order valence-corrected chi connectivity index (χ1v) is 12.4. The van der Waals surface area contributed by atoms with Gasteiger partial charge in [-0.25, -0.2) is 0 Å². The minimum atomic E-state index is -1.88. The summed E-state index contributed by atoms with van der Waals surface area (Å²) >= 11 is 1.65. The van der Waals surface area contributed by atoms with Crippen LogP contribution >= 0.6 is 11.8 Å². The van der Waals surface area contributed by atoms with Crippen molar-refractivity contribution in [2.24, 2.45) is 0 Å². The van der Waals surface area contributed by atoms with E-state index in [-0.39, 0.29) is 29.1 Å². The molecule has 1 saturated heterocycles. The standard InChI is InChI=1S/C19H28O3SSi/c1-18(2,3)24(5,6)22-14-12-19(4,17(20)16-15(14)21-16)23-13-10-8-7-9-11-13/h7-11,14-16H,12H2,1-6H3/t14-,15+,16+,19-/m0/s1. The largest absolute Gasteiger partial charge is 0.411 e. The summed E-state index contributed by atoms with van der Waals surface area (Å²) in [5.41, 5.74) is 0. The van der Waals surface area contributed by atoms with Gasteiger partial charge in [-0.15, -0.1) is 11.8 Å². The number of ether oxygens (including phenoxy) is 1. The third kappa shape index (κ3) is 3.36. The van der Waals surface area contributed by atoms with Crippen LogP contribution in [0.3, 0.4) is 0 Å². The molecule has 5 heteroatoms. The van der Waals surface area contributed by atoms with Gasteiger partial charge in [0.25, 0.3) is 0 Å². The van der Waals surface area contributed by atoms with Gasteiger partial charge in [-0.3, -0.25) is 4.79 Å². The van der Waals surface area contributed by atoms with E-state index in [4.69, 9.17) is 9.16 Å². The second kappa shape index (κ2) is 5.97. The van der Waals surface area contributed by atoms with Crippen molar-refractivity contribution >= 4 is 25.9 Å². The molecule has 1 aliphatic carbocycles. The lowest BCUT2D eigenvalue weighted by Gasteiger charge is -2.42. The summed E-state index contributed by atoms with van der Waals surface area (Å²) in [6.07, 6.45) is 0.444. The van der Waals surface area contributed by atoms with E-state index in [0.29, 0.717) is 0 Å². The molecule has 0 unspecified atom stereocenters. The highest BCUT2D eigenvalue weighted by atomic mass is 32.2. The van der Waals surface area contributed by atoms with Crippen LogP contribution < -0.4 is 0 Å². The van der Waals surface area contributed by atoms with E-state index in [0.717, 1.165) is 11.3 Å². The molecule has 0 amide bonds. The Morgan fingerprint density at radius 2 is 1.88 bits per heavy atom. The van der Waals surface area contributed by atoms with Crippen molar-refractivity contribution in [2.45, 2.75) is 80.2 Å². The number of epoxide rings is 1. The Morgan fingerprint density at radius 3 is 2.46 bits per heavy atom. The minimum Gasteiger partial charge on any atom is -0.411 e. The monoisotopic (exact) mass is 364 g/mol. The van der Waals surface area contributed by atoms with Crippen LogP contribution in [-0.4, -0.2) is 37.2 Å². The molecule has 2 fully saturated rings. The van der Waals surface area contributed by atoms with Crippen molar-refractivity contribution in [3.8, 4) is 0 Å². The van der Waals surface area contributed by atoms with Crippen molar-refractivity contribution < 1.29 is 14.0 Å². The van der Waals surface area contributed by atoms with Crippen molar-refractivity contribution in [3.05, 3.63) is 30.3 Å². The molecular formula is C19H28O3SSi. The summed E-state index contributed by atoms with van der Waals surface area (Å²) < 4.78 is 11.9. The molecule has 24 heavy (non-hydrogen) atoms. The van der Waals surface area contributed by atoms with Gasteiger partial charge in [0.1, 0.15) is 12.2 Å². The molecule has 0 bridgehead atoms. The highest BCUT2D eigenvalue weighted by Gasteiger charge is 2.62. The van der Waals surface area contributed by atoms with E-state index in [1.807, 2.05) is 25.1 Å². The number of Topliss-reactive ketones (excluding diaryl/α,β-unsaturated/α-hetero) is 1. The molecule has 0 radical (unpaired) electrons. The third-order valence-corrected chi connectivity index (χ3v) is 11.4. The van der Waals surface area contributed by atoms with Crippen LogP contribution in [0.4, 0.5) is 0 Å². The zero-order valence-electron chi connectivity index (χ0n) is 15.5. The van der Waals surface area contributed by atoms with Crippen molar-refractivity contribution in [1.82, 2.24) is 0 Å². The van der Waals surface area contributed by atoms with Gasteiger partial charge >= 0.3 is 0 Å². The SMILES string of the molecule is CC(C)(C)[Si](C)(C)O[C@H]1C[C@](C)(Sc2ccccc2)C(=O)[C@@H]2O[C@H]12. The summed E-state index contributed by atoms with van der Waals surface area (Å²) in [5.74, 6) is 0.219. The van der Waals surface area contributed by atoms with Crippen molar-refractivity contribution in [2.75, 3.05) is 0 Å². The van der Waals surface area contributed by atoms with Crippen LogP contribution in [0.1, 0.15) is 34.1 Å². The fourth-order valence-corrected chi connectivity index (χ4v) is 5.63. The first kappa shape index (κ1) is 18.2. The number of fused-ring (bicyclic) bond motifs is 1. The van der Waals surface area contributed by atoms with Gasteiger partial charge in [0.05, 0.1) is 10.9 Å². The maximum atomic E-state index is 12.8. The number of carbonyl (C=O) groups is 1. The van der Waals surface area contributed by atoms with Crippen LogP contribution in [0, 0.1) is 0 Å². The maximum absolute atomic E-state index is 12.8. The molecule has 2 aliphatic rings. The molecule has 1 heterocycles. The molecule has 1 aromatic carbocycles. The maximum Gasteiger partial charge on any atom is 0.192 e. The van der Waals surface area contributed by atoms with E-state index in [1.54, 1.807) is 11.8 Å². The summed E-state index contributed by atoms with van der Waals surface area (Å²) in [5, 5.41) is 0.155. The van der Waals surface area contributed by atoms with Gasteiger partial charge in [-0.05, 0) is 43.6 Å². The van der Waals surface area contributed by atoms with Crippen LogP contribution in [0.5, 0.6) is 0 Å². The number of carbonyl (C=O) groups excluding carboxylic acids is 1. The molecule has 1 aliphatic heterocycles. The summed E-state index contributed by atoms with van der Waals surface area (Å²) in [7, 11) is -1.88. The lowest BCUT2D eigenvalue weighted by molar-refractivity contribution is -0.123. The predicted octanol–water partition coefficient (Wildman–Crippen LogP) is 4.67. The lowest BCUT2D eigenvalue weighted by atomic mass is 9.86. The van der Waals surface area contributed by atoms with Crippen LogP contribution in [-0.2, 0) is 14.0 Å². The zero-order valence-corrected chi connectivity index (χ0v) is 17.3. The van der Waals surface area contributed by atoms with Gasteiger partial charge in [0, 0.05) is 4.90 Å². The molecule has 1 aromatic rings. The second-order valence-corrected chi connectivity index (χ2v) is 15.0. The third-order valence-electron chi connectivity index (χ3n) is 5.60. The smallest absolute Gasteiger partial charge is 0.192 e. The molecule has 132 valence electrons. The average molecular weight is 365 g/mol. The summed E-state index contributed by atoms with van der Waals surface area (Å²) in [6, 6.07) is 10.1. The number of benzene rings is 1. The van der Waals surface area contributed by atoms with Gasteiger partial charge in [0.15, 0.2) is 14.1 Å². The highest BCUT2D eigenvalue weighted by molar-refractivity contribution is 8.01. The normalized spacial score (nSPS) is 33.2. The fraction of sp³-hybridized carbons (Fsp3) is 0.632. The van der Waals surface area contributed by atoms with Crippen LogP contribution in [0.2, 0.25) is 18.1 Å². The summed E-state index contributed by atoms with van der Waals surface area (Å²) in [6.45, 7) is 13.3. The quantitative estimate of drug-likeness (QED) is 0.575. The number of hydrogen-bond acceptors (Lipinski definition) is 4. The van der Waals surface area contributed by atoms with Gasteiger partial charge in [0.2, 0.25) is 0 Å². The Morgan fingerprint density at radius 1 is 1.25 bits per heavy atom. The van der Waals surface area contributed by atoms with Gasteiger partial charge < -0.3 is 9.16 Å². The van der Waals surface area contributed by atoms with Crippen molar-refractivity contribution in [1.29, 1.82) is 0 Å². The molecule has 0 aromatic heterocycles. The molecule has 1 saturated carbocycles. The Labute approximate surface area is 150 Å². The Balaban J connectivity index is 1.79. The predicted molar refractivity (Wildman–Crippen MR) is 101 cm³/mol. The number of hydrogen-bond donors (Lipinski definition) is 0. The van der Waals surface area contributed by atoms with Gasteiger partial charge in [-0.1, -0.05) is 39.0 Å². The summed E-state index contributed by atoms with van der Waals surface area (Å²) in [4.78, 5) is 13.9. The van der Waals surface area contributed by atoms with E-state index >= 15 is 0 Å². The topological polar surface area (TPSA) is 38.8 Å². The van der Waals surface area contributed by atoms with Crippen LogP contribution in [0.15, 0.2) is 35.2 Å². The lowest BCUT2D eigenvalue weighted by Crippen LogP contribution is -2.52. The van der Waals surface area contributed by atoms with Gasteiger partial charge in [-0.2, -0.15) is 0 Å². The molecule has 0 N–H and O–H groups in total. The fourth-order valence-electron chi connectivity index (χ4n) is 3.02. The first-order valence-electron chi connectivity index (χ1n) is 8.65. The van der Waals surface area contributed by atoms with Crippen molar-refractivity contribution in [3.63, 3.8) is 0 Å². The number of thioether (sulfide) groups is 1. The molecule has 3 rings (SSSR count). The molecule has 3 nitrogen and oxygen atoms in total. The van der Waals surface area contributed by atoms with Crippen LogP contribution in [0.25, 0.3) is 0 Å². The second-order valence-electron chi connectivity index (χ2n) is 8.65. The van der Waals surface area contributed by atoms with E-state index in [1.165, 1.54) is 0 Å². The minimum absolute atomic E-state index is 0.0230. The Kier molecular flexibility index (Phi) is 4.52. The Bertz CT molecular complexity index is 625. The molecule has 0 spiro atoms. The zero-order chi connectivity index (χ0) is 17.8. The van der Waals surface area contributed by atoms with E-state index < -0.39 is 13.1 Å². The Hall–Kier alpha value is -0.623. The average Bonchev–Trinajstić information content (AvgIpc) is 3.25. The molecular weight excluding hydrogens is 336 g/mol. The molecule has 4 atom stereocenters.